The largest absolute Gasteiger partial charge is 0.491 e. The standard InChI is InChI=1S/C27H31ClN4O4S/c1-7-12-35-25-19(15-29)13-21(14-23(25)28)27(4,5)20-8-10-22(11-9-20)36-16-24-17(2)18(3)30-26(31-24)32-37(6,33)34/h8-11,13-14H,7,12,16H2,1-6H3,(H,30,31,32). The lowest BCUT2D eigenvalue weighted by molar-refractivity contribution is 0.300. The first-order valence-electron chi connectivity index (χ1n) is 11.8. The summed E-state index contributed by atoms with van der Waals surface area (Å²) in [6, 6.07) is 13.5. The van der Waals surface area contributed by atoms with Gasteiger partial charge in [0.15, 0.2) is 5.75 Å². The van der Waals surface area contributed by atoms with Gasteiger partial charge in [-0.25, -0.2) is 18.4 Å². The van der Waals surface area contributed by atoms with E-state index in [-0.39, 0.29) is 12.6 Å². The average Bonchev–Trinajstić information content (AvgIpc) is 2.83. The predicted molar refractivity (Wildman–Crippen MR) is 145 cm³/mol. The summed E-state index contributed by atoms with van der Waals surface area (Å²) >= 11 is 6.49. The molecule has 0 atom stereocenters. The van der Waals surface area contributed by atoms with E-state index in [1.807, 2.05) is 50.2 Å². The van der Waals surface area contributed by atoms with Crippen molar-refractivity contribution in [2.45, 2.75) is 53.1 Å². The molecule has 0 aliphatic rings. The Morgan fingerprint density at radius 3 is 2.35 bits per heavy atom. The number of anilines is 1. The average molecular weight is 543 g/mol. The number of halogens is 1. The van der Waals surface area contributed by atoms with Gasteiger partial charge in [-0.15, -0.1) is 0 Å². The van der Waals surface area contributed by atoms with Crippen LogP contribution in [-0.4, -0.2) is 31.2 Å². The highest BCUT2D eigenvalue weighted by atomic mass is 35.5. The van der Waals surface area contributed by atoms with Crippen molar-refractivity contribution in [3.05, 3.63) is 75.1 Å². The molecular formula is C27H31ClN4O4S. The minimum Gasteiger partial charge on any atom is -0.491 e. The lowest BCUT2D eigenvalue weighted by Gasteiger charge is -2.27. The summed E-state index contributed by atoms with van der Waals surface area (Å²) < 4.78 is 37.1. The molecule has 2 aromatic carbocycles. The zero-order valence-electron chi connectivity index (χ0n) is 21.8. The Morgan fingerprint density at radius 1 is 1.08 bits per heavy atom. The van der Waals surface area contributed by atoms with Crippen LogP contribution in [0.3, 0.4) is 0 Å². The van der Waals surface area contributed by atoms with Crippen LogP contribution in [0.4, 0.5) is 5.95 Å². The molecule has 1 heterocycles. The van der Waals surface area contributed by atoms with Crippen LogP contribution in [0.1, 0.15) is 60.8 Å². The van der Waals surface area contributed by atoms with Crippen molar-refractivity contribution < 1.29 is 17.9 Å². The maximum atomic E-state index is 11.6. The number of sulfonamides is 1. The number of hydrogen-bond acceptors (Lipinski definition) is 7. The van der Waals surface area contributed by atoms with Gasteiger partial charge in [-0.3, -0.25) is 4.72 Å². The summed E-state index contributed by atoms with van der Waals surface area (Å²) in [6.07, 6.45) is 1.87. The molecule has 1 N–H and O–H groups in total. The molecule has 0 saturated heterocycles. The summed E-state index contributed by atoms with van der Waals surface area (Å²) in [5.74, 6) is 1.06. The smallest absolute Gasteiger partial charge is 0.237 e. The Labute approximate surface area is 223 Å². The van der Waals surface area contributed by atoms with E-state index in [4.69, 9.17) is 21.1 Å². The second kappa shape index (κ2) is 11.4. The van der Waals surface area contributed by atoms with Crippen LogP contribution < -0.4 is 14.2 Å². The van der Waals surface area contributed by atoms with Crippen molar-refractivity contribution in [3.8, 4) is 17.6 Å². The van der Waals surface area contributed by atoms with Crippen LogP contribution >= 0.6 is 11.6 Å². The van der Waals surface area contributed by atoms with Crippen LogP contribution in [-0.2, 0) is 22.0 Å². The second-order valence-corrected chi connectivity index (χ2v) is 11.5. The number of nitriles is 1. The van der Waals surface area contributed by atoms with Crippen molar-refractivity contribution in [2.24, 2.45) is 0 Å². The Hall–Kier alpha value is -3.35. The lowest BCUT2D eigenvalue weighted by Crippen LogP contribution is -2.19. The van der Waals surface area contributed by atoms with Crippen molar-refractivity contribution in [3.63, 3.8) is 0 Å². The molecule has 0 spiro atoms. The van der Waals surface area contributed by atoms with E-state index in [0.29, 0.717) is 40.1 Å². The number of rotatable bonds is 10. The highest BCUT2D eigenvalue weighted by Crippen LogP contribution is 2.38. The van der Waals surface area contributed by atoms with Gasteiger partial charge in [-0.2, -0.15) is 5.26 Å². The van der Waals surface area contributed by atoms with Gasteiger partial charge in [0, 0.05) is 11.1 Å². The van der Waals surface area contributed by atoms with E-state index in [9.17, 15) is 13.7 Å². The van der Waals surface area contributed by atoms with E-state index in [2.05, 4.69) is 34.6 Å². The first kappa shape index (κ1) is 28.2. The van der Waals surface area contributed by atoms with Gasteiger partial charge in [-0.1, -0.05) is 44.5 Å². The van der Waals surface area contributed by atoms with Gasteiger partial charge in [-0.05, 0) is 61.2 Å². The molecule has 3 aromatic rings. The van der Waals surface area contributed by atoms with Gasteiger partial charge < -0.3 is 9.47 Å². The molecule has 8 nitrogen and oxygen atoms in total. The van der Waals surface area contributed by atoms with Crippen LogP contribution in [0.5, 0.6) is 11.5 Å². The summed E-state index contributed by atoms with van der Waals surface area (Å²) in [5.41, 5.74) is 3.95. The number of nitrogens with zero attached hydrogens (tertiary/aromatic N) is 3. The molecular weight excluding hydrogens is 512 g/mol. The Morgan fingerprint density at radius 2 is 1.76 bits per heavy atom. The SMILES string of the molecule is CCCOc1c(Cl)cc(C(C)(C)c2ccc(OCc3nc(NS(C)(=O)=O)nc(C)c3C)cc2)cc1C#N. The maximum Gasteiger partial charge on any atom is 0.237 e. The highest BCUT2D eigenvalue weighted by molar-refractivity contribution is 7.91. The Bertz CT molecular complexity index is 1430. The van der Waals surface area contributed by atoms with Gasteiger partial charge in [0.2, 0.25) is 16.0 Å². The molecule has 10 heteroatoms. The molecule has 0 amide bonds. The Kier molecular flexibility index (Phi) is 8.67. The number of aromatic nitrogens is 2. The number of benzene rings is 2. The van der Waals surface area contributed by atoms with E-state index < -0.39 is 15.4 Å². The van der Waals surface area contributed by atoms with Crippen molar-refractivity contribution in [1.29, 1.82) is 5.26 Å². The first-order valence-corrected chi connectivity index (χ1v) is 14.0. The molecule has 0 radical (unpaired) electrons. The molecule has 0 aliphatic heterocycles. The molecule has 0 fully saturated rings. The van der Waals surface area contributed by atoms with Crippen LogP contribution in [0.2, 0.25) is 5.02 Å². The molecule has 0 bridgehead atoms. The topological polar surface area (TPSA) is 114 Å². The van der Waals surface area contributed by atoms with Crippen molar-refractivity contribution >= 4 is 27.6 Å². The third-order valence-corrected chi connectivity index (χ3v) is 6.89. The van der Waals surface area contributed by atoms with Crippen molar-refractivity contribution in [2.75, 3.05) is 17.6 Å². The van der Waals surface area contributed by atoms with Crippen molar-refractivity contribution in [1.82, 2.24) is 9.97 Å². The molecule has 37 heavy (non-hydrogen) atoms. The fourth-order valence-corrected chi connectivity index (χ4v) is 4.41. The van der Waals surface area contributed by atoms with Crippen LogP contribution in [0.25, 0.3) is 0 Å². The van der Waals surface area contributed by atoms with Gasteiger partial charge in [0.25, 0.3) is 0 Å². The van der Waals surface area contributed by atoms with Crippen LogP contribution in [0, 0.1) is 25.2 Å². The number of hydrogen-bond donors (Lipinski definition) is 1. The summed E-state index contributed by atoms with van der Waals surface area (Å²) in [5, 5.41) is 10.1. The zero-order valence-corrected chi connectivity index (χ0v) is 23.4. The zero-order chi connectivity index (χ0) is 27.4. The van der Waals surface area contributed by atoms with Crippen LogP contribution in [0.15, 0.2) is 36.4 Å². The van der Waals surface area contributed by atoms with Gasteiger partial charge in [0.1, 0.15) is 18.4 Å². The third-order valence-electron chi connectivity index (χ3n) is 6.05. The molecule has 3 rings (SSSR count). The first-order chi connectivity index (χ1) is 17.4. The highest BCUT2D eigenvalue weighted by Gasteiger charge is 2.26. The molecule has 0 unspecified atom stereocenters. The summed E-state index contributed by atoms with van der Waals surface area (Å²) in [7, 11) is -3.50. The lowest BCUT2D eigenvalue weighted by atomic mass is 9.77. The Balaban J connectivity index is 1.80. The molecule has 0 aliphatic carbocycles. The molecule has 196 valence electrons. The van der Waals surface area contributed by atoms with E-state index in [1.165, 1.54) is 0 Å². The van der Waals surface area contributed by atoms with Gasteiger partial charge in [0.05, 0.1) is 29.1 Å². The summed E-state index contributed by atoms with van der Waals surface area (Å²) in [4.78, 5) is 8.49. The fourth-order valence-electron chi connectivity index (χ4n) is 3.71. The normalized spacial score (nSPS) is 11.6. The fraction of sp³-hybridized carbons (Fsp3) is 0.370. The second-order valence-electron chi connectivity index (χ2n) is 9.31. The van der Waals surface area contributed by atoms with E-state index in [0.717, 1.165) is 29.4 Å². The number of aryl methyl sites for hydroxylation is 1. The van der Waals surface area contributed by atoms with Gasteiger partial charge >= 0.3 is 0 Å². The maximum absolute atomic E-state index is 11.6. The number of nitrogens with one attached hydrogen (secondary N) is 1. The summed E-state index contributed by atoms with van der Waals surface area (Å²) in [6.45, 7) is 10.4. The van der Waals surface area contributed by atoms with E-state index >= 15 is 0 Å². The minimum atomic E-state index is -3.50. The van der Waals surface area contributed by atoms with E-state index in [1.54, 1.807) is 6.92 Å². The number of ether oxygens (including phenoxy) is 2. The molecule has 0 saturated carbocycles. The third kappa shape index (κ3) is 6.90. The monoisotopic (exact) mass is 542 g/mol. The quantitative estimate of drug-likeness (QED) is 0.350. The predicted octanol–water partition coefficient (Wildman–Crippen LogP) is 5.68. The minimum absolute atomic E-state index is 0.0165. The molecule has 1 aromatic heterocycles.